The van der Waals surface area contributed by atoms with Crippen molar-refractivity contribution in [2.75, 3.05) is 13.2 Å². The van der Waals surface area contributed by atoms with Gasteiger partial charge in [-0.3, -0.25) is 0 Å². The molecule has 1 aliphatic heterocycles. The minimum atomic E-state index is -0.370. The average molecular weight is 221 g/mol. The standard InChI is InChI=1S/C12H15NO3/c1-2-15-11(9-6-4-3-5-7-9)10-8-16-12(14)13-10/h3-7,10-11H,2,8H2,1H3,(H,13,14)/t10-,11-/m1/s1. The van der Waals surface area contributed by atoms with Crippen molar-refractivity contribution in [3.05, 3.63) is 35.9 Å². The Hall–Kier alpha value is -1.55. The van der Waals surface area contributed by atoms with Crippen LogP contribution < -0.4 is 5.32 Å². The summed E-state index contributed by atoms with van der Waals surface area (Å²) >= 11 is 0. The summed E-state index contributed by atoms with van der Waals surface area (Å²) in [7, 11) is 0. The van der Waals surface area contributed by atoms with Crippen LogP contribution in [0.2, 0.25) is 0 Å². The summed E-state index contributed by atoms with van der Waals surface area (Å²) in [6.45, 7) is 2.90. The summed E-state index contributed by atoms with van der Waals surface area (Å²) in [5.41, 5.74) is 1.06. The Morgan fingerprint density at radius 3 is 2.81 bits per heavy atom. The Morgan fingerprint density at radius 2 is 2.25 bits per heavy atom. The second kappa shape index (κ2) is 4.99. The predicted octanol–water partition coefficient (Wildman–Crippen LogP) is 1.87. The molecule has 0 aliphatic carbocycles. The fraction of sp³-hybridized carbons (Fsp3) is 0.417. The van der Waals surface area contributed by atoms with E-state index in [1.807, 2.05) is 37.3 Å². The van der Waals surface area contributed by atoms with Gasteiger partial charge in [-0.05, 0) is 12.5 Å². The zero-order valence-corrected chi connectivity index (χ0v) is 9.18. The van der Waals surface area contributed by atoms with E-state index < -0.39 is 0 Å². The van der Waals surface area contributed by atoms with E-state index in [0.717, 1.165) is 5.56 Å². The van der Waals surface area contributed by atoms with E-state index in [4.69, 9.17) is 9.47 Å². The number of cyclic esters (lactones) is 1. The van der Waals surface area contributed by atoms with Crippen molar-refractivity contribution in [1.82, 2.24) is 5.32 Å². The monoisotopic (exact) mass is 221 g/mol. The van der Waals surface area contributed by atoms with Gasteiger partial charge in [0.25, 0.3) is 0 Å². The molecule has 2 rings (SSSR count). The van der Waals surface area contributed by atoms with Crippen LogP contribution in [0.15, 0.2) is 30.3 Å². The van der Waals surface area contributed by atoms with E-state index in [0.29, 0.717) is 13.2 Å². The van der Waals surface area contributed by atoms with Crippen LogP contribution in [0.3, 0.4) is 0 Å². The van der Waals surface area contributed by atoms with Crippen LogP contribution in [0, 0.1) is 0 Å². The Kier molecular flexibility index (Phi) is 3.41. The lowest BCUT2D eigenvalue weighted by atomic mass is 10.0. The van der Waals surface area contributed by atoms with Crippen molar-refractivity contribution in [2.45, 2.75) is 19.1 Å². The molecule has 2 atom stereocenters. The Labute approximate surface area is 94.6 Å². The molecule has 86 valence electrons. The van der Waals surface area contributed by atoms with Gasteiger partial charge in [0.15, 0.2) is 0 Å². The van der Waals surface area contributed by atoms with Gasteiger partial charge in [0.2, 0.25) is 0 Å². The third-order valence-electron chi connectivity index (χ3n) is 2.54. The molecule has 1 N–H and O–H groups in total. The number of carbonyl (C=O) groups is 1. The summed E-state index contributed by atoms with van der Waals surface area (Å²) in [5, 5.41) is 2.75. The molecular weight excluding hydrogens is 206 g/mol. The topological polar surface area (TPSA) is 47.6 Å². The molecule has 4 nitrogen and oxygen atoms in total. The highest BCUT2D eigenvalue weighted by atomic mass is 16.6. The van der Waals surface area contributed by atoms with Gasteiger partial charge in [0.1, 0.15) is 12.7 Å². The Bertz CT molecular complexity index is 353. The van der Waals surface area contributed by atoms with E-state index in [2.05, 4.69) is 5.32 Å². The third-order valence-corrected chi connectivity index (χ3v) is 2.54. The first-order valence-corrected chi connectivity index (χ1v) is 5.41. The van der Waals surface area contributed by atoms with Gasteiger partial charge in [0, 0.05) is 6.61 Å². The van der Waals surface area contributed by atoms with Crippen molar-refractivity contribution in [2.24, 2.45) is 0 Å². The number of amides is 1. The molecular formula is C12H15NO3. The SMILES string of the molecule is CCO[C@H](c1ccccc1)[C@H]1COC(=O)N1. The van der Waals surface area contributed by atoms with E-state index in [-0.39, 0.29) is 18.2 Å². The van der Waals surface area contributed by atoms with E-state index >= 15 is 0 Å². The molecule has 0 unspecified atom stereocenters. The molecule has 1 aromatic carbocycles. The molecule has 4 heteroatoms. The van der Waals surface area contributed by atoms with Crippen LogP contribution in [-0.2, 0) is 9.47 Å². The van der Waals surface area contributed by atoms with Crippen LogP contribution in [0.1, 0.15) is 18.6 Å². The van der Waals surface area contributed by atoms with Crippen molar-refractivity contribution >= 4 is 6.09 Å². The predicted molar refractivity (Wildman–Crippen MR) is 59.1 cm³/mol. The van der Waals surface area contributed by atoms with Crippen LogP contribution in [0.5, 0.6) is 0 Å². The van der Waals surface area contributed by atoms with Crippen molar-refractivity contribution in [3.8, 4) is 0 Å². The van der Waals surface area contributed by atoms with Gasteiger partial charge in [-0.1, -0.05) is 30.3 Å². The second-order valence-electron chi connectivity index (χ2n) is 3.64. The quantitative estimate of drug-likeness (QED) is 0.844. The molecule has 1 saturated heterocycles. The minimum absolute atomic E-state index is 0.102. The van der Waals surface area contributed by atoms with Gasteiger partial charge >= 0.3 is 6.09 Å². The maximum atomic E-state index is 11.0. The normalized spacial score (nSPS) is 21.3. The lowest BCUT2D eigenvalue weighted by Gasteiger charge is -2.21. The van der Waals surface area contributed by atoms with Crippen LogP contribution in [-0.4, -0.2) is 25.3 Å². The summed E-state index contributed by atoms with van der Waals surface area (Å²) in [6.07, 6.45) is -0.511. The first-order chi connectivity index (χ1) is 7.81. The van der Waals surface area contributed by atoms with E-state index in [9.17, 15) is 4.79 Å². The third kappa shape index (κ3) is 2.33. The largest absolute Gasteiger partial charge is 0.447 e. The van der Waals surface area contributed by atoms with Gasteiger partial charge < -0.3 is 14.8 Å². The first kappa shape index (κ1) is 11.0. The molecule has 16 heavy (non-hydrogen) atoms. The van der Waals surface area contributed by atoms with Crippen LogP contribution >= 0.6 is 0 Å². The maximum absolute atomic E-state index is 11.0. The van der Waals surface area contributed by atoms with E-state index in [1.165, 1.54) is 0 Å². The van der Waals surface area contributed by atoms with Crippen molar-refractivity contribution < 1.29 is 14.3 Å². The summed E-state index contributed by atoms with van der Waals surface area (Å²) in [5.74, 6) is 0. The Morgan fingerprint density at radius 1 is 1.50 bits per heavy atom. The zero-order chi connectivity index (χ0) is 11.4. The highest BCUT2D eigenvalue weighted by molar-refractivity contribution is 5.69. The lowest BCUT2D eigenvalue weighted by Crippen LogP contribution is -2.34. The first-order valence-electron chi connectivity index (χ1n) is 5.41. The smallest absolute Gasteiger partial charge is 0.407 e. The minimum Gasteiger partial charge on any atom is -0.447 e. The lowest BCUT2D eigenvalue weighted by molar-refractivity contribution is 0.0352. The fourth-order valence-electron chi connectivity index (χ4n) is 1.83. The average Bonchev–Trinajstić information content (AvgIpc) is 2.74. The van der Waals surface area contributed by atoms with Gasteiger partial charge in [-0.2, -0.15) is 0 Å². The van der Waals surface area contributed by atoms with Crippen LogP contribution in [0.25, 0.3) is 0 Å². The summed E-state index contributed by atoms with van der Waals surface area (Å²) < 4.78 is 10.5. The number of hydrogen-bond donors (Lipinski definition) is 1. The number of rotatable bonds is 4. The zero-order valence-electron chi connectivity index (χ0n) is 9.18. The molecule has 1 fully saturated rings. The summed E-state index contributed by atoms with van der Waals surface area (Å²) in [4.78, 5) is 11.0. The number of nitrogens with one attached hydrogen (secondary N) is 1. The highest BCUT2D eigenvalue weighted by Gasteiger charge is 2.31. The number of hydrogen-bond acceptors (Lipinski definition) is 3. The maximum Gasteiger partial charge on any atom is 0.407 e. The number of ether oxygens (including phenoxy) is 2. The molecule has 0 bridgehead atoms. The second-order valence-corrected chi connectivity index (χ2v) is 3.64. The molecule has 0 radical (unpaired) electrons. The molecule has 1 heterocycles. The van der Waals surface area contributed by atoms with Gasteiger partial charge in [-0.15, -0.1) is 0 Å². The van der Waals surface area contributed by atoms with Gasteiger partial charge in [-0.25, -0.2) is 4.79 Å². The molecule has 1 amide bonds. The molecule has 1 aliphatic rings. The van der Waals surface area contributed by atoms with Crippen molar-refractivity contribution in [3.63, 3.8) is 0 Å². The number of alkyl carbamates (subject to hydrolysis) is 1. The molecule has 0 spiro atoms. The number of carbonyl (C=O) groups excluding carboxylic acids is 1. The fourth-order valence-corrected chi connectivity index (χ4v) is 1.83. The van der Waals surface area contributed by atoms with Crippen molar-refractivity contribution in [1.29, 1.82) is 0 Å². The summed E-state index contributed by atoms with van der Waals surface area (Å²) in [6, 6.07) is 9.75. The van der Waals surface area contributed by atoms with Gasteiger partial charge in [0.05, 0.1) is 6.04 Å². The van der Waals surface area contributed by atoms with E-state index in [1.54, 1.807) is 0 Å². The highest BCUT2D eigenvalue weighted by Crippen LogP contribution is 2.23. The molecule has 0 aromatic heterocycles. The number of benzene rings is 1. The van der Waals surface area contributed by atoms with Crippen LogP contribution in [0.4, 0.5) is 4.79 Å². The molecule has 1 aromatic rings. The molecule has 0 saturated carbocycles. The Balaban J connectivity index is 2.14.